The zero-order chi connectivity index (χ0) is 17.8. The van der Waals surface area contributed by atoms with E-state index in [0.29, 0.717) is 19.7 Å². The molecular weight excluding hydrogens is 320 g/mol. The number of pyridine rings is 1. The molecule has 0 aliphatic rings. The van der Waals surface area contributed by atoms with Crippen molar-refractivity contribution in [2.45, 2.75) is 6.92 Å². The summed E-state index contributed by atoms with van der Waals surface area (Å²) in [6.45, 7) is 3.28. The standard InChI is InChI=1S/C17H22N6O2/c1-3-25-17(24)12-22(7-6-18)16-9-20-23-11-13(4-5-15(16)23)14-8-19-21(2)10-14/h4-5,8-11H,3,6-7,12,18H2,1-2H3. The average Bonchev–Trinajstić information content (AvgIpc) is 3.20. The van der Waals surface area contributed by atoms with Gasteiger partial charge in [0, 0.05) is 43.7 Å². The van der Waals surface area contributed by atoms with Gasteiger partial charge in [-0.15, -0.1) is 0 Å². The summed E-state index contributed by atoms with van der Waals surface area (Å²) >= 11 is 0. The molecule has 0 spiro atoms. The number of hydrogen-bond donors (Lipinski definition) is 1. The fourth-order valence-corrected chi connectivity index (χ4v) is 2.76. The van der Waals surface area contributed by atoms with Gasteiger partial charge < -0.3 is 15.4 Å². The summed E-state index contributed by atoms with van der Waals surface area (Å²) in [5.41, 5.74) is 9.51. The first-order valence-electron chi connectivity index (χ1n) is 8.19. The van der Waals surface area contributed by atoms with Crippen molar-refractivity contribution < 1.29 is 9.53 Å². The highest BCUT2D eigenvalue weighted by Gasteiger charge is 2.16. The SMILES string of the molecule is CCOC(=O)CN(CCN)c1cnn2cc(-c3cnn(C)c3)ccc12. The molecule has 0 aromatic carbocycles. The number of carbonyl (C=O) groups excluding carboxylic acids is 1. The third-order valence-corrected chi connectivity index (χ3v) is 3.90. The highest BCUT2D eigenvalue weighted by atomic mass is 16.5. The van der Waals surface area contributed by atoms with Crippen molar-refractivity contribution in [1.82, 2.24) is 19.4 Å². The molecule has 3 heterocycles. The number of anilines is 1. The van der Waals surface area contributed by atoms with Crippen molar-refractivity contribution in [3.05, 3.63) is 36.9 Å². The summed E-state index contributed by atoms with van der Waals surface area (Å²) in [4.78, 5) is 13.8. The minimum atomic E-state index is -0.276. The van der Waals surface area contributed by atoms with Crippen LogP contribution >= 0.6 is 0 Å². The maximum absolute atomic E-state index is 11.9. The molecule has 0 saturated heterocycles. The van der Waals surface area contributed by atoms with Gasteiger partial charge in [-0.2, -0.15) is 10.2 Å². The average molecular weight is 342 g/mol. The van der Waals surface area contributed by atoms with Crippen LogP contribution in [0.1, 0.15) is 6.92 Å². The normalized spacial score (nSPS) is 11.0. The molecule has 0 radical (unpaired) electrons. The molecule has 0 fully saturated rings. The zero-order valence-corrected chi connectivity index (χ0v) is 14.4. The van der Waals surface area contributed by atoms with Gasteiger partial charge in [0.15, 0.2) is 0 Å². The predicted octanol–water partition coefficient (Wildman–Crippen LogP) is 1.06. The quantitative estimate of drug-likeness (QED) is 0.646. The summed E-state index contributed by atoms with van der Waals surface area (Å²) in [7, 11) is 1.88. The molecule has 3 rings (SSSR count). The molecule has 0 atom stereocenters. The molecule has 0 unspecified atom stereocenters. The van der Waals surface area contributed by atoms with Gasteiger partial charge in [0.1, 0.15) is 6.54 Å². The molecule has 8 nitrogen and oxygen atoms in total. The summed E-state index contributed by atoms with van der Waals surface area (Å²) < 4.78 is 8.61. The van der Waals surface area contributed by atoms with Crippen LogP contribution in [0.15, 0.2) is 36.9 Å². The molecular formula is C17H22N6O2. The second-order valence-electron chi connectivity index (χ2n) is 5.70. The Kier molecular flexibility index (Phi) is 4.99. The van der Waals surface area contributed by atoms with Crippen LogP contribution in [-0.2, 0) is 16.6 Å². The molecule has 0 aliphatic carbocycles. The largest absolute Gasteiger partial charge is 0.465 e. The number of aryl methyl sites for hydroxylation is 1. The van der Waals surface area contributed by atoms with E-state index in [1.54, 1.807) is 22.3 Å². The topological polar surface area (TPSA) is 90.7 Å². The monoisotopic (exact) mass is 342 g/mol. The van der Waals surface area contributed by atoms with Crippen LogP contribution < -0.4 is 10.6 Å². The molecule has 3 aromatic rings. The number of hydrogen-bond acceptors (Lipinski definition) is 6. The van der Waals surface area contributed by atoms with Gasteiger partial charge in [-0.1, -0.05) is 6.07 Å². The van der Waals surface area contributed by atoms with E-state index in [1.165, 1.54) is 0 Å². The van der Waals surface area contributed by atoms with Gasteiger partial charge in [0.2, 0.25) is 0 Å². The lowest BCUT2D eigenvalue weighted by Crippen LogP contribution is -2.35. The van der Waals surface area contributed by atoms with E-state index in [0.717, 1.165) is 22.3 Å². The highest BCUT2D eigenvalue weighted by Crippen LogP contribution is 2.25. The number of rotatable bonds is 7. The van der Waals surface area contributed by atoms with Crippen LogP contribution in [0.25, 0.3) is 16.6 Å². The molecule has 25 heavy (non-hydrogen) atoms. The summed E-state index contributed by atoms with van der Waals surface area (Å²) in [5, 5.41) is 8.62. The number of carbonyl (C=O) groups is 1. The fourth-order valence-electron chi connectivity index (χ4n) is 2.76. The minimum Gasteiger partial charge on any atom is -0.465 e. The number of nitrogens with two attached hydrogens (primary N) is 1. The van der Waals surface area contributed by atoms with Gasteiger partial charge in [-0.25, -0.2) is 4.52 Å². The number of ether oxygens (including phenoxy) is 1. The van der Waals surface area contributed by atoms with E-state index in [9.17, 15) is 4.79 Å². The number of fused-ring (bicyclic) bond motifs is 1. The van der Waals surface area contributed by atoms with Gasteiger partial charge in [0.05, 0.1) is 30.2 Å². The maximum atomic E-state index is 11.9. The first-order chi connectivity index (χ1) is 12.1. The summed E-state index contributed by atoms with van der Waals surface area (Å²) in [6.07, 6.45) is 7.46. The molecule has 0 amide bonds. The van der Waals surface area contributed by atoms with E-state index in [1.807, 2.05) is 42.7 Å². The third kappa shape index (κ3) is 3.63. The molecule has 3 aromatic heterocycles. The minimum absolute atomic E-state index is 0.150. The zero-order valence-electron chi connectivity index (χ0n) is 14.4. The van der Waals surface area contributed by atoms with Crippen LogP contribution in [-0.4, -0.2) is 51.6 Å². The molecule has 0 aliphatic heterocycles. The van der Waals surface area contributed by atoms with Crippen LogP contribution in [0.3, 0.4) is 0 Å². The van der Waals surface area contributed by atoms with Crippen LogP contribution in [0.4, 0.5) is 5.69 Å². The lowest BCUT2D eigenvalue weighted by atomic mass is 10.1. The first kappa shape index (κ1) is 17.0. The van der Waals surface area contributed by atoms with Crippen molar-refractivity contribution in [1.29, 1.82) is 0 Å². The molecule has 132 valence electrons. The van der Waals surface area contributed by atoms with Crippen molar-refractivity contribution in [3.8, 4) is 11.1 Å². The Hall–Kier alpha value is -2.87. The van der Waals surface area contributed by atoms with Crippen LogP contribution in [0.2, 0.25) is 0 Å². The summed E-state index contributed by atoms with van der Waals surface area (Å²) in [6, 6.07) is 4.00. The molecule has 8 heteroatoms. The number of esters is 1. The van der Waals surface area contributed by atoms with Crippen LogP contribution in [0.5, 0.6) is 0 Å². The lowest BCUT2D eigenvalue weighted by molar-refractivity contribution is -0.141. The lowest BCUT2D eigenvalue weighted by Gasteiger charge is -2.21. The second-order valence-corrected chi connectivity index (χ2v) is 5.70. The van der Waals surface area contributed by atoms with Gasteiger partial charge in [-0.05, 0) is 13.0 Å². The first-order valence-corrected chi connectivity index (χ1v) is 8.19. The van der Waals surface area contributed by atoms with Crippen molar-refractivity contribution in [2.24, 2.45) is 12.8 Å². The Morgan fingerprint density at radius 3 is 2.76 bits per heavy atom. The molecule has 0 bridgehead atoms. The fraction of sp³-hybridized carbons (Fsp3) is 0.353. The third-order valence-electron chi connectivity index (χ3n) is 3.90. The Morgan fingerprint density at radius 2 is 2.08 bits per heavy atom. The Labute approximate surface area is 145 Å². The Bertz CT molecular complexity index is 869. The second kappa shape index (κ2) is 7.35. The van der Waals surface area contributed by atoms with Crippen molar-refractivity contribution in [2.75, 3.05) is 31.1 Å². The van der Waals surface area contributed by atoms with Gasteiger partial charge in [0.25, 0.3) is 0 Å². The van der Waals surface area contributed by atoms with E-state index >= 15 is 0 Å². The van der Waals surface area contributed by atoms with E-state index in [4.69, 9.17) is 10.5 Å². The summed E-state index contributed by atoms with van der Waals surface area (Å²) in [5.74, 6) is -0.276. The maximum Gasteiger partial charge on any atom is 0.325 e. The van der Waals surface area contributed by atoms with E-state index in [-0.39, 0.29) is 12.5 Å². The Morgan fingerprint density at radius 1 is 1.24 bits per heavy atom. The highest BCUT2D eigenvalue weighted by molar-refractivity contribution is 5.81. The van der Waals surface area contributed by atoms with E-state index in [2.05, 4.69) is 10.2 Å². The van der Waals surface area contributed by atoms with Crippen LogP contribution in [0, 0.1) is 0 Å². The van der Waals surface area contributed by atoms with Crippen molar-refractivity contribution in [3.63, 3.8) is 0 Å². The molecule has 0 saturated carbocycles. The van der Waals surface area contributed by atoms with E-state index < -0.39 is 0 Å². The van der Waals surface area contributed by atoms with Gasteiger partial charge >= 0.3 is 5.97 Å². The van der Waals surface area contributed by atoms with Gasteiger partial charge in [-0.3, -0.25) is 9.48 Å². The Balaban J connectivity index is 1.91. The number of aromatic nitrogens is 4. The van der Waals surface area contributed by atoms with Crippen molar-refractivity contribution >= 4 is 17.2 Å². The smallest absolute Gasteiger partial charge is 0.325 e. The predicted molar refractivity (Wildman–Crippen MR) is 95.3 cm³/mol. The number of nitrogens with zero attached hydrogens (tertiary/aromatic N) is 5. The molecule has 2 N–H and O–H groups in total.